The first kappa shape index (κ1) is 39.7. The molecule has 2 saturated heterocycles. The molecule has 55 heavy (non-hydrogen) atoms. The van der Waals surface area contributed by atoms with Gasteiger partial charge in [0, 0.05) is 36.5 Å². The minimum Gasteiger partial charge on any atom is -0.485 e. The lowest BCUT2D eigenvalue weighted by atomic mass is 9.84. The van der Waals surface area contributed by atoms with E-state index >= 15 is 0 Å². The molecule has 6 rings (SSSR count). The zero-order valence-corrected chi connectivity index (χ0v) is 32.1. The number of nitrogens with zero attached hydrogens (tertiary/aromatic N) is 6. The quantitative estimate of drug-likeness (QED) is 0.0368. The maximum Gasteiger partial charge on any atom is 0.418 e. The Labute approximate surface area is 320 Å². The average molecular weight is 804 g/mol. The fraction of sp³-hybridized carbons (Fsp3) is 0.485. The third-order valence-electron chi connectivity index (χ3n) is 9.80. The lowest BCUT2D eigenvalue weighted by molar-refractivity contribution is -0.661. The van der Waals surface area contributed by atoms with Crippen LogP contribution in [-0.2, 0) is 47.4 Å². The number of carboxylic acid groups (broad SMARTS) is 1. The van der Waals surface area contributed by atoms with Crippen LogP contribution in [0.25, 0.3) is 11.1 Å². The van der Waals surface area contributed by atoms with Crippen molar-refractivity contribution in [2.75, 3.05) is 43.4 Å². The molecule has 0 bridgehead atoms. The van der Waals surface area contributed by atoms with Crippen LogP contribution < -0.4 is 36.3 Å². The SMILES string of the molecule is C[n+]1cc(-c2ccc3c(c2)CCC(C(C)(O/N=C(\C(=O)NC2C(=O)N(OS(=O)(=O)O)C2(C)C)c2csc(N)n2)C(=O)O)O3)cnc1N(CCN)CC1CNC1. The van der Waals surface area contributed by atoms with Gasteiger partial charge in [0.1, 0.15) is 23.7 Å². The summed E-state index contributed by atoms with van der Waals surface area (Å²) in [6.07, 6.45) is 3.39. The van der Waals surface area contributed by atoms with Gasteiger partial charge in [0.15, 0.2) is 16.9 Å². The van der Waals surface area contributed by atoms with Crippen LogP contribution in [0, 0.1) is 5.92 Å². The highest BCUT2D eigenvalue weighted by molar-refractivity contribution is 7.80. The number of anilines is 2. The van der Waals surface area contributed by atoms with Gasteiger partial charge in [-0.3, -0.25) is 19.0 Å². The molecule has 22 heteroatoms. The number of hydrogen-bond donors (Lipinski definition) is 6. The fourth-order valence-corrected chi connectivity index (χ4v) is 7.54. The summed E-state index contributed by atoms with van der Waals surface area (Å²) in [6.45, 7) is 8.00. The largest absolute Gasteiger partial charge is 0.485 e. The Balaban J connectivity index is 1.19. The van der Waals surface area contributed by atoms with E-state index in [0.29, 0.717) is 36.2 Å². The third kappa shape index (κ3) is 8.18. The maximum absolute atomic E-state index is 13.5. The Morgan fingerprint density at radius 3 is 2.64 bits per heavy atom. The first-order chi connectivity index (χ1) is 25.9. The van der Waals surface area contributed by atoms with Crippen molar-refractivity contribution in [1.82, 2.24) is 25.7 Å². The summed E-state index contributed by atoms with van der Waals surface area (Å²) in [4.78, 5) is 55.7. The average Bonchev–Trinajstić information content (AvgIpc) is 3.54. The molecule has 0 saturated carbocycles. The summed E-state index contributed by atoms with van der Waals surface area (Å²) < 4.78 is 44.0. The van der Waals surface area contributed by atoms with Gasteiger partial charge in [-0.1, -0.05) is 16.2 Å². The number of nitrogens with one attached hydrogen (secondary N) is 2. The minimum atomic E-state index is -5.04. The molecule has 8 N–H and O–H groups in total. The standard InChI is InChI=1S/C33H42N10O10S2/c1-32(2)26(28(45)43(32)53-55(48,49)50)39-27(44)25(22-17-54-30(35)38-22)40-52-33(3,29(46)47)24-8-6-20-11-19(5-7-23(20)51-24)21-14-37-31(41(4)16-21)42(10-9-34)15-18-12-36-13-18/h5,7,11,14,16-18,24,26,36H,6,8-10,12-13,15,34H2,1-4H3,(H4-,35,38,39,44,46,47,48,49,50)/p+1/b40-25-. The van der Waals surface area contributed by atoms with Crippen LogP contribution in [-0.4, -0.2) is 113 Å². The van der Waals surface area contributed by atoms with Crippen LogP contribution in [0.15, 0.2) is 41.1 Å². The Kier molecular flexibility index (Phi) is 11.0. The normalized spacial score (nSPS) is 20.7. The second kappa shape index (κ2) is 15.3. The number of aromatic nitrogens is 3. The fourth-order valence-electron chi connectivity index (χ4n) is 6.54. The van der Waals surface area contributed by atoms with Crippen molar-refractivity contribution >= 4 is 56.3 Å². The first-order valence-corrected chi connectivity index (χ1v) is 19.5. The van der Waals surface area contributed by atoms with E-state index in [-0.39, 0.29) is 17.2 Å². The summed E-state index contributed by atoms with van der Waals surface area (Å²) in [5.74, 6) is -1.63. The van der Waals surface area contributed by atoms with Gasteiger partial charge in [0.25, 0.3) is 17.4 Å². The molecule has 1 aromatic carbocycles. The summed E-state index contributed by atoms with van der Waals surface area (Å²) in [5.41, 5.74) is 10.2. The number of rotatable bonds is 15. The molecule has 2 amide bonds. The summed E-state index contributed by atoms with van der Waals surface area (Å²) in [5, 5.41) is 21.9. The smallest absolute Gasteiger partial charge is 0.418 e. The van der Waals surface area contributed by atoms with Crippen LogP contribution in [0.5, 0.6) is 5.75 Å². The molecule has 3 aromatic rings. The molecular weight excluding hydrogens is 761 g/mol. The predicted octanol–water partition coefficient (Wildman–Crippen LogP) is -0.606. The minimum absolute atomic E-state index is 0.0617. The molecule has 20 nitrogen and oxygen atoms in total. The monoisotopic (exact) mass is 803 g/mol. The number of carbonyl (C=O) groups is 3. The van der Waals surface area contributed by atoms with Gasteiger partial charge in [-0.05, 0) is 56.9 Å². The van der Waals surface area contributed by atoms with E-state index in [0.717, 1.165) is 53.6 Å². The summed E-state index contributed by atoms with van der Waals surface area (Å²) in [7, 11) is -3.09. The highest BCUT2D eigenvalue weighted by Crippen LogP contribution is 2.37. The van der Waals surface area contributed by atoms with Crippen molar-refractivity contribution in [2.45, 2.75) is 56.9 Å². The highest BCUT2D eigenvalue weighted by Gasteiger charge is 2.58. The number of carboxylic acids is 1. The van der Waals surface area contributed by atoms with Crippen molar-refractivity contribution in [3.63, 3.8) is 0 Å². The van der Waals surface area contributed by atoms with Crippen molar-refractivity contribution in [2.24, 2.45) is 23.9 Å². The van der Waals surface area contributed by atoms with Gasteiger partial charge >= 0.3 is 22.3 Å². The van der Waals surface area contributed by atoms with E-state index in [1.54, 1.807) is 6.07 Å². The second-order valence-corrected chi connectivity index (χ2v) is 16.1. The van der Waals surface area contributed by atoms with Crippen molar-refractivity contribution < 1.29 is 50.9 Å². The molecule has 296 valence electrons. The van der Waals surface area contributed by atoms with Gasteiger partial charge in [0.05, 0.1) is 31.9 Å². The number of nitrogen functional groups attached to an aromatic ring is 1. The number of aliphatic carboxylic acids is 1. The van der Waals surface area contributed by atoms with Crippen LogP contribution in [0.4, 0.5) is 11.1 Å². The van der Waals surface area contributed by atoms with Crippen LogP contribution >= 0.6 is 11.3 Å². The molecule has 0 radical (unpaired) electrons. The highest BCUT2D eigenvalue weighted by atomic mass is 32.3. The van der Waals surface area contributed by atoms with Crippen LogP contribution in [0.2, 0.25) is 0 Å². The van der Waals surface area contributed by atoms with Crippen LogP contribution in [0.1, 0.15) is 38.4 Å². The van der Waals surface area contributed by atoms with E-state index in [1.165, 1.54) is 26.2 Å². The number of hydrogen-bond acceptors (Lipinski definition) is 16. The van der Waals surface area contributed by atoms with Gasteiger partial charge in [0.2, 0.25) is 0 Å². The molecular formula is C33H43N10O10S2+. The third-order valence-corrected chi connectivity index (χ3v) is 10.8. The van der Waals surface area contributed by atoms with E-state index < -0.39 is 57.2 Å². The topological polar surface area (TPSA) is 278 Å². The second-order valence-electron chi connectivity index (χ2n) is 14.2. The van der Waals surface area contributed by atoms with Crippen molar-refractivity contribution in [3.05, 3.63) is 47.2 Å². The number of oxime groups is 1. The van der Waals surface area contributed by atoms with E-state index in [1.807, 2.05) is 36.1 Å². The number of benzene rings is 1. The molecule has 3 atom stereocenters. The number of carbonyl (C=O) groups excluding carboxylic acids is 2. The molecule has 3 aliphatic rings. The number of hydroxylamine groups is 2. The lowest BCUT2D eigenvalue weighted by Crippen LogP contribution is -2.76. The first-order valence-electron chi connectivity index (χ1n) is 17.3. The van der Waals surface area contributed by atoms with E-state index in [9.17, 15) is 27.9 Å². The van der Waals surface area contributed by atoms with Gasteiger partial charge in [-0.15, -0.1) is 15.6 Å². The molecule has 0 spiro atoms. The van der Waals surface area contributed by atoms with E-state index in [4.69, 9.17) is 30.6 Å². The molecule has 2 fully saturated rings. The summed E-state index contributed by atoms with van der Waals surface area (Å²) >= 11 is 0.970. The lowest BCUT2D eigenvalue weighted by Gasteiger charge is -2.50. The number of β-lactam (4-membered cyclic amide) rings is 1. The molecule has 5 heterocycles. The Hall–Kier alpha value is -5.00. The van der Waals surface area contributed by atoms with Gasteiger partial charge in [-0.25, -0.2) is 14.3 Å². The van der Waals surface area contributed by atoms with Crippen LogP contribution in [0.3, 0.4) is 0 Å². The Morgan fingerprint density at radius 2 is 2.05 bits per heavy atom. The number of aryl methyl sites for hydroxylation is 2. The molecule has 2 aromatic heterocycles. The maximum atomic E-state index is 13.5. The Bertz CT molecular complexity index is 2130. The Morgan fingerprint density at radius 1 is 1.31 bits per heavy atom. The number of ether oxygens (including phenoxy) is 1. The van der Waals surface area contributed by atoms with Crippen molar-refractivity contribution in [1.29, 1.82) is 0 Å². The number of thiazole rings is 1. The number of fused-ring (bicyclic) bond motifs is 1. The van der Waals surface area contributed by atoms with E-state index in [2.05, 4.69) is 30.0 Å². The van der Waals surface area contributed by atoms with Crippen molar-refractivity contribution in [3.8, 4) is 16.9 Å². The summed E-state index contributed by atoms with van der Waals surface area (Å²) in [6, 6.07) is 4.24. The van der Waals surface area contributed by atoms with Gasteiger partial charge < -0.3 is 36.8 Å². The molecule has 3 unspecified atom stereocenters. The number of nitrogens with two attached hydrogens (primary N) is 2. The molecule has 0 aliphatic carbocycles. The molecule has 3 aliphatic heterocycles. The van der Waals surface area contributed by atoms with Gasteiger partial charge in [-0.2, -0.15) is 13.5 Å². The predicted molar refractivity (Wildman–Crippen MR) is 197 cm³/mol. The zero-order valence-electron chi connectivity index (χ0n) is 30.5. The zero-order chi connectivity index (χ0) is 39.9. The number of amides is 2.